The molecule has 3 atom stereocenters. The van der Waals surface area contributed by atoms with Crippen molar-refractivity contribution in [2.75, 3.05) is 25.4 Å². The molecule has 2 aliphatic rings. The van der Waals surface area contributed by atoms with Crippen LogP contribution in [0, 0.1) is 11.8 Å². The van der Waals surface area contributed by atoms with Crippen LogP contribution < -0.4 is 0 Å². The van der Waals surface area contributed by atoms with Gasteiger partial charge in [-0.2, -0.15) is 0 Å². The number of aliphatic hydroxyl groups excluding tert-OH is 1. The van der Waals surface area contributed by atoms with Gasteiger partial charge in [0.25, 0.3) is 0 Å². The summed E-state index contributed by atoms with van der Waals surface area (Å²) < 4.78 is 24.6. The first-order valence-corrected chi connectivity index (χ1v) is 9.37. The Morgan fingerprint density at radius 1 is 1.19 bits per heavy atom. The molecule has 1 aromatic rings. The lowest BCUT2D eigenvalue weighted by Crippen LogP contribution is -2.29. The molecule has 4 nitrogen and oxygen atoms in total. The number of likely N-dealkylation sites (tertiary alicyclic amines) is 1. The number of benzene rings is 1. The average molecular weight is 330 g/mol. The van der Waals surface area contributed by atoms with E-state index in [1.165, 1.54) is 0 Å². The summed E-state index contributed by atoms with van der Waals surface area (Å²) in [6, 6.07) is 6.32. The fourth-order valence-electron chi connectivity index (χ4n) is 3.52. The molecule has 0 spiro atoms. The first kappa shape index (κ1) is 15.3. The molecule has 0 aromatic heterocycles. The van der Waals surface area contributed by atoms with E-state index in [9.17, 15) is 13.5 Å². The zero-order chi connectivity index (χ0) is 15.0. The van der Waals surface area contributed by atoms with Crippen molar-refractivity contribution in [1.82, 2.24) is 4.90 Å². The molecule has 0 amide bonds. The molecule has 0 radical (unpaired) electrons. The van der Waals surface area contributed by atoms with Crippen LogP contribution in [0.5, 0.6) is 0 Å². The smallest absolute Gasteiger partial charge is 0.179 e. The first-order valence-electron chi connectivity index (χ1n) is 7.34. The minimum Gasteiger partial charge on any atom is -0.393 e. The highest BCUT2D eigenvalue weighted by atomic mass is 35.5. The van der Waals surface area contributed by atoms with Crippen molar-refractivity contribution in [1.29, 1.82) is 0 Å². The van der Waals surface area contributed by atoms with Gasteiger partial charge in [-0.05, 0) is 43.0 Å². The van der Waals surface area contributed by atoms with Crippen LogP contribution in [0.1, 0.15) is 12.8 Å². The van der Waals surface area contributed by atoms with Gasteiger partial charge in [0, 0.05) is 30.6 Å². The molecule has 6 heteroatoms. The molecule has 1 saturated carbocycles. The van der Waals surface area contributed by atoms with Crippen LogP contribution in [-0.2, 0) is 9.84 Å². The van der Waals surface area contributed by atoms with Gasteiger partial charge in [0.2, 0.25) is 0 Å². The molecule has 1 aliphatic carbocycles. The number of nitrogens with zero attached hydrogens (tertiary/aromatic N) is 1. The molecule has 1 saturated heterocycles. The van der Waals surface area contributed by atoms with Gasteiger partial charge in [-0.25, -0.2) is 8.42 Å². The highest BCUT2D eigenvalue weighted by Crippen LogP contribution is 2.37. The normalized spacial score (nSPS) is 29.7. The summed E-state index contributed by atoms with van der Waals surface area (Å²) in [4.78, 5) is 2.50. The molecule has 3 rings (SSSR count). The number of fused-ring (bicyclic) bond motifs is 1. The minimum absolute atomic E-state index is 0.115. The molecule has 3 unspecified atom stereocenters. The predicted molar refractivity (Wildman–Crippen MR) is 82.2 cm³/mol. The lowest BCUT2D eigenvalue weighted by molar-refractivity contribution is 0.125. The van der Waals surface area contributed by atoms with Crippen LogP contribution >= 0.6 is 11.6 Å². The number of sulfone groups is 1. The predicted octanol–water partition coefficient (Wildman–Crippen LogP) is 1.82. The van der Waals surface area contributed by atoms with E-state index in [2.05, 4.69) is 4.90 Å². The van der Waals surface area contributed by atoms with Crippen LogP contribution in [0.2, 0.25) is 5.02 Å². The molecule has 1 heterocycles. The third-order valence-corrected chi connectivity index (χ3v) is 6.71. The minimum atomic E-state index is -3.26. The van der Waals surface area contributed by atoms with Crippen molar-refractivity contribution in [3.05, 3.63) is 29.3 Å². The highest BCUT2D eigenvalue weighted by Gasteiger charge is 2.41. The van der Waals surface area contributed by atoms with Gasteiger partial charge in [-0.1, -0.05) is 11.6 Å². The summed E-state index contributed by atoms with van der Waals surface area (Å²) >= 11 is 5.78. The van der Waals surface area contributed by atoms with Crippen molar-refractivity contribution < 1.29 is 13.5 Å². The standard InChI is InChI=1S/C15H20ClNO3S/c16-12-2-4-13(5-3-12)21(19,20)8-7-17-9-11-1-6-15(18)14(11)10-17/h2-5,11,14-15,18H,1,6-10H2. The van der Waals surface area contributed by atoms with Crippen LogP contribution in [0.25, 0.3) is 0 Å². The molecule has 21 heavy (non-hydrogen) atoms. The number of hydrogen-bond acceptors (Lipinski definition) is 4. The van der Waals surface area contributed by atoms with Crippen molar-refractivity contribution in [3.8, 4) is 0 Å². The maximum absolute atomic E-state index is 12.3. The molecule has 1 aromatic carbocycles. The second kappa shape index (κ2) is 5.88. The van der Waals surface area contributed by atoms with E-state index in [-0.39, 0.29) is 11.9 Å². The summed E-state index contributed by atoms with van der Waals surface area (Å²) in [5.41, 5.74) is 0. The van der Waals surface area contributed by atoms with Crippen molar-refractivity contribution in [3.63, 3.8) is 0 Å². The van der Waals surface area contributed by atoms with Crippen LogP contribution in [0.15, 0.2) is 29.2 Å². The van der Waals surface area contributed by atoms with Gasteiger partial charge in [0.15, 0.2) is 9.84 Å². The van der Waals surface area contributed by atoms with Crippen molar-refractivity contribution in [2.45, 2.75) is 23.8 Å². The third kappa shape index (κ3) is 3.26. The van der Waals surface area contributed by atoms with E-state index in [0.717, 1.165) is 25.9 Å². The Balaban J connectivity index is 1.59. The lowest BCUT2D eigenvalue weighted by Gasteiger charge is -2.17. The van der Waals surface area contributed by atoms with Gasteiger partial charge in [-0.15, -0.1) is 0 Å². The Morgan fingerprint density at radius 2 is 1.90 bits per heavy atom. The third-order valence-electron chi connectivity index (χ3n) is 4.74. The number of rotatable bonds is 4. The van der Waals surface area contributed by atoms with E-state index >= 15 is 0 Å². The zero-order valence-electron chi connectivity index (χ0n) is 11.8. The van der Waals surface area contributed by atoms with E-state index in [0.29, 0.717) is 28.3 Å². The molecule has 1 N–H and O–H groups in total. The van der Waals surface area contributed by atoms with Crippen molar-refractivity contribution >= 4 is 21.4 Å². The first-order chi connectivity index (χ1) is 9.95. The van der Waals surface area contributed by atoms with E-state index < -0.39 is 9.84 Å². The van der Waals surface area contributed by atoms with Crippen molar-refractivity contribution in [2.24, 2.45) is 11.8 Å². The summed E-state index contributed by atoms with van der Waals surface area (Å²) in [5.74, 6) is 0.992. The number of hydrogen-bond donors (Lipinski definition) is 1. The second-order valence-electron chi connectivity index (χ2n) is 6.10. The van der Waals surface area contributed by atoms with Gasteiger partial charge >= 0.3 is 0 Å². The molecule has 1 aliphatic heterocycles. The topological polar surface area (TPSA) is 57.6 Å². The average Bonchev–Trinajstić information content (AvgIpc) is 3.00. The monoisotopic (exact) mass is 329 g/mol. The lowest BCUT2D eigenvalue weighted by atomic mass is 10.00. The maximum Gasteiger partial charge on any atom is 0.179 e. The van der Waals surface area contributed by atoms with Gasteiger partial charge in [0.05, 0.1) is 16.8 Å². The van der Waals surface area contributed by atoms with Gasteiger partial charge in [-0.3, -0.25) is 0 Å². The molecular formula is C15H20ClNO3S. The largest absolute Gasteiger partial charge is 0.393 e. The second-order valence-corrected chi connectivity index (χ2v) is 8.65. The van der Waals surface area contributed by atoms with Gasteiger partial charge < -0.3 is 10.0 Å². The maximum atomic E-state index is 12.3. The Hall–Kier alpha value is -0.620. The van der Waals surface area contributed by atoms with Gasteiger partial charge in [0.1, 0.15) is 0 Å². The Morgan fingerprint density at radius 3 is 2.57 bits per heavy atom. The fraction of sp³-hybridized carbons (Fsp3) is 0.600. The summed E-state index contributed by atoms with van der Waals surface area (Å²) in [6.45, 7) is 2.27. The summed E-state index contributed by atoms with van der Waals surface area (Å²) in [7, 11) is -3.26. The van der Waals surface area contributed by atoms with E-state index in [4.69, 9.17) is 11.6 Å². The Bertz CT molecular complexity index is 602. The van der Waals surface area contributed by atoms with E-state index in [1.54, 1.807) is 24.3 Å². The molecular weight excluding hydrogens is 310 g/mol. The molecule has 116 valence electrons. The van der Waals surface area contributed by atoms with Crippen LogP contribution in [0.3, 0.4) is 0 Å². The fourth-order valence-corrected chi connectivity index (χ4v) is 4.93. The Labute approximate surface area is 130 Å². The van der Waals surface area contributed by atoms with Crippen LogP contribution in [0.4, 0.5) is 0 Å². The zero-order valence-corrected chi connectivity index (χ0v) is 13.4. The highest BCUT2D eigenvalue weighted by molar-refractivity contribution is 7.91. The quantitative estimate of drug-likeness (QED) is 0.915. The number of aliphatic hydroxyl groups is 1. The summed E-state index contributed by atoms with van der Waals surface area (Å²) in [6.07, 6.45) is 1.76. The van der Waals surface area contributed by atoms with Crippen LogP contribution in [-0.4, -0.2) is 49.9 Å². The Kier molecular flexibility index (Phi) is 4.28. The summed E-state index contributed by atoms with van der Waals surface area (Å²) in [5, 5.41) is 10.4. The number of halogens is 1. The van der Waals surface area contributed by atoms with E-state index in [1.807, 2.05) is 0 Å². The molecule has 0 bridgehead atoms. The molecule has 2 fully saturated rings. The SMILES string of the molecule is O=S(=O)(CCN1CC2CCC(O)C2C1)c1ccc(Cl)cc1.